The van der Waals surface area contributed by atoms with Crippen LogP contribution in [-0.4, -0.2) is 12.1 Å². The summed E-state index contributed by atoms with van der Waals surface area (Å²) >= 11 is 0. The molecule has 2 rings (SSSR count). The number of nitrogens with zero attached hydrogens (tertiary/aromatic N) is 1. The van der Waals surface area contributed by atoms with Crippen LogP contribution >= 0.6 is 0 Å². The SMILES string of the molecule is COc1ccc(-c2cnc(C(C)N)o2)cc1. The monoisotopic (exact) mass is 218 g/mol. The van der Waals surface area contributed by atoms with Gasteiger partial charge in [0.2, 0.25) is 5.89 Å². The van der Waals surface area contributed by atoms with Crippen molar-refractivity contribution < 1.29 is 9.15 Å². The second kappa shape index (κ2) is 4.37. The van der Waals surface area contributed by atoms with E-state index in [9.17, 15) is 0 Å². The second-order valence-electron chi connectivity index (χ2n) is 3.58. The minimum Gasteiger partial charge on any atom is -0.497 e. The lowest BCUT2D eigenvalue weighted by Gasteiger charge is -2.00. The molecular formula is C12H14N2O2. The number of aromatic nitrogens is 1. The zero-order chi connectivity index (χ0) is 11.5. The fourth-order valence-electron chi connectivity index (χ4n) is 1.39. The van der Waals surface area contributed by atoms with Crippen LogP contribution < -0.4 is 10.5 Å². The summed E-state index contributed by atoms with van der Waals surface area (Å²) in [4.78, 5) is 4.11. The molecule has 0 spiro atoms. The summed E-state index contributed by atoms with van der Waals surface area (Å²) in [7, 11) is 1.64. The number of ether oxygens (including phenoxy) is 1. The highest BCUT2D eigenvalue weighted by molar-refractivity contribution is 5.57. The van der Waals surface area contributed by atoms with E-state index < -0.39 is 0 Å². The summed E-state index contributed by atoms with van der Waals surface area (Å²) in [5, 5.41) is 0. The van der Waals surface area contributed by atoms with Gasteiger partial charge < -0.3 is 14.9 Å². The molecule has 1 atom stereocenters. The van der Waals surface area contributed by atoms with E-state index in [1.165, 1.54) is 0 Å². The van der Waals surface area contributed by atoms with Gasteiger partial charge in [-0.05, 0) is 31.2 Å². The summed E-state index contributed by atoms with van der Waals surface area (Å²) < 4.78 is 10.6. The van der Waals surface area contributed by atoms with Gasteiger partial charge in [0.15, 0.2) is 5.76 Å². The van der Waals surface area contributed by atoms with Crippen LogP contribution in [0.4, 0.5) is 0 Å². The summed E-state index contributed by atoms with van der Waals surface area (Å²) in [6, 6.07) is 7.41. The lowest BCUT2D eigenvalue weighted by molar-refractivity contribution is 0.415. The Morgan fingerprint density at radius 2 is 2.00 bits per heavy atom. The molecule has 0 radical (unpaired) electrons. The molecule has 2 aromatic rings. The molecule has 0 fully saturated rings. The van der Waals surface area contributed by atoms with Gasteiger partial charge in [-0.1, -0.05) is 0 Å². The highest BCUT2D eigenvalue weighted by Gasteiger charge is 2.09. The van der Waals surface area contributed by atoms with Gasteiger partial charge in [-0.25, -0.2) is 4.98 Å². The van der Waals surface area contributed by atoms with E-state index in [1.807, 2.05) is 31.2 Å². The number of nitrogens with two attached hydrogens (primary N) is 1. The molecule has 0 saturated carbocycles. The van der Waals surface area contributed by atoms with E-state index >= 15 is 0 Å². The smallest absolute Gasteiger partial charge is 0.211 e. The fourth-order valence-corrected chi connectivity index (χ4v) is 1.39. The normalized spacial score (nSPS) is 12.4. The molecule has 4 nitrogen and oxygen atoms in total. The minimum atomic E-state index is -0.188. The summed E-state index contributed by atoms with van der Waals surface area (Å²) in [5.74, 6) is 2.08. The van der Waals surface area contributed by atoms with Gasteiger partial charge in [-0.2, -0.15) is 0 Å². The third-order valence-corrected chi connectivity index (χ3v) is 2.29. The molecule has 84 valence electrons. The maximum absolute atomic E-state index is 5.67. The molecule has 2 N–H and O–H groups in total. The van der Waals surface area contributed by atoms with Gasteiger partial charge in [-0.15, -0.1) is 0 Å². The quantitative estimate of drug-likeness (QED) is 0.859. The Labute approximate surface area is 94.1 Å². The van der Waals surface area contributed by atoms with E-state index in [-0.39, 0.29) is 6.04 Å². The number of benzene rings is 1. The van der Waals surface area contributed by atoms with Crippen molar-refractivity contribution in [3.8, 4) is 17.1 Å². The van der Waals surface area contributed by atoms with Crippen LogP contribution in [-0.2, 0) is 0 Å². The summed E-state index contributed by atoms with van der Waals surface area (Å²) in [6.07, 6.45) is 1.68. The predicted molar refractivity (Wildman–Crippen MR) is 61.1 cm³/mol. The summed E-state index contributed by atoms with van der Waals surface area (Å²) in [5.41, 5.74) is 6.63. The van der Waals surface area contributed by atoms with Gasteiger partial charge in [0.1, 0.15) is 5.75 Å². The first-order chi connectivity index (χ1) is 7.70. The molecule has 0 aliphatic carbocycles. The first kappa shape index (κ1) is 10.7. The highest BCUT2D eigenvalue weighted by Crippen LogP contribution is 2.24. The molecule has 0 amide bonds. The van der Waals surface area contributed by atoms with Gasteiger partial charge >= 0.3 is 0 Å². The fraction of sp³-hybridized carbons (Fsp3) is 0.250. The number of hydrogen-bond acceptors (Lipinski definition) is 4. The lowest BCUT2D eigenvalue weighted by atomic mass is 10.2. The third-order valence-electron chi connectivity index (χ3n) is 2.29. The minimum absolute atomic E-state index is 0.188. The van der Waals surface area contributed by atoms with Crippen LogP contribution in [0.3, 0.4) is 0 Å². The van der Waals surface area contributed by atoms with Crippen LogP contribution in [0.25, 0.3) is 11.3 Å². The van der Waals surface area contributed by atoms with Crippen molar-refractivity contribution in [1.82, 2.24) is 4.98 Å². The Kier molecular flexibility index (Phi) is 2.92. The average molecular weight is 218 g/mol. The number of hydrogen-bond donors (Lipinski definition) is 1. The van der Waals surface area contributed by atoms with Crippen LogP contribution in [0, 0.1) is 0 Å². The van der Waals surface area contributed by atoms with Gasteiger partial charge in [0.05, 0.1) is 19.3 Å². The average Bonchev–Trinajstić information content (AvgIpc) is 2.78. The molecule has 1 heterocycles. The lowest BCUT2D eigenvalue weighted by Crippen LogP contribution is -2.04. The molecule has 16 heavy (non-hydrogen) atoms. The largest absolute Gasteiger partial charge is 0.497 e. The number of rotatable bonds is 3. The van der Waals surface area contributed by atoms with Crippen molar-refractivity contribution in [2.45, 2.75) is 13.0 Å². The molecule has 0 aliphatic heterocycles. The van der Waals surface area contributed by atoms with Crippen molar-refractivity contribution in [3.63, 3.8) is 0 Å². The van der Waals surface area contributed by atoms with Crippen LogP contribution in [0.15, 0.2) is 34.9 Å². The van der Waals surface area contributed by atoms with E-state index in [0.717, 1.165) is 17.1 Å². The molecule has 0 saturated heterocycles. The molecule has 1 aromatic carbocycles. The van der Waals surface area contributed by atoms with Crippen molar-refractivity contribution in [2.75, 3.05) is 7.11 Å². The zero-order valence-corrected chi connectivity index (χ0v) is 9.31. The Morgan fingerprint density at radius 3 is 2.50 bits per heavy atom. The van der Waals surface area contributed by atoms with Crippen molar-refractivity contribution in [2.24, 2.45) is 5.73 Å². The first-order valence-corrected chi connectivity index (χ1v) is 5.06. The maximum Gasteiger partial charge on any atom is 0.211 e. The van der Waals surface area contributed by atoms with E-state index in [0.29, 0.717) is 5.89 Å². The topological polar surface area (TPSA) is 61.3 Å². The second-order valence-corrected chi connectivity index (χ2v) is 3.58. The van der Waals surface area contributed by atoms with Crippen LogP contribution in [0.1, 0.15) is 18.9 Å². The molecule has 1 aromatic heterocycles. The third kappa shape index (κ3) is 2.06. The zero-order valence-electron chi connectivity index (χ0n) is 9.31. The van der Waals surface area contributed by atoms with Crippen LogP contribution in [0.5, 0.6) is 5.75 Å². The van der Waals surface area contributed by atoms with Gasteiger partial charge in [-0.3, -0.25) is 0 Å². The van der Waals surface area contributed by atoms with Gasteiger partial charge in [0.25, 0.3) is 0 Å². The standard InChI is InChI=1S/C12H14N2O2/c1-8(13)12-14-7-11(16-12)9-3-5-10(15-2)6-4-9/h3-8H,13H2,1-2H3. The van der Waals surface area contributed by atoms with E-state index in [2.05, 4.69) is 4.98 Å². The Morgan fingerprint density at radius 1 is 1.31 bits per heavy atom. The van der Waals surface area contributed by atoms with E-state index in [1.54, 1.807) is 13.3 Å². The Hall–Kier alpha value is -1.81. The van der Waals surface area contributed by atoms with Gasteiger partial charge in [0, 0.05) is 5.56 Å². The Bertz CT molecular complexity index is 460. The maximum atomic E-state index is 5.67. The van der Waals surface area contributed by atoms with Crippen LogP contribution in [0.2, 0.25) is 0 Å². The molecule has 0 bridgehead atoms. The van der Waals surface area contributed by atoms with Crippen molar-refractivity contribution in [3.05, 3.63) is 36.4 Å². The van der Waals surface area contributed by atoms with E-state index in [4.69, 9.17) is 14.9 Å². The number of methoxy groups -OCH3 is 1. The van der Waals surface area contributed by atoms with Crippen molar-refractivity contribution >= 4 is 0 Å². The summed E-state index contributed by atoms with van der Waals surface area (Å²) in [6.45, 7) is 1.84. The first-order valence-electron chi connectivity index (χ1n) is 5.06. The molecule has 4 heteroatoms. The molecule has 1 unspecified atom stereocenters. The molecule has 0 aliphatic rings. The number of oxazole rings is 1. The Balaban J connectivity index is 2.28. The van der Waals surface area contributed by atoms with Crippen molar-refractivity contribution in [1.29, 1.82) is 0 Å². The predicted octanol–water partition coefficient (Wildman–Crippen LogP) is 2.37. The highest BCUT2D eigenvalue weighted by atomic mass is 16.5. The molecular weight excluding hydrogens is 204 g/mol.